The van der Waals surface area contributed by atoms with E-state index in [1.807, 2.05) is 6.08 Å². The van der Waals surface area contributed by atoms with Crippen LogP contribution in [0.25, 0.3) is 17.0 Å². The summed E-state index contributed by atoms with van der Waals surface area (Å²) in [4.78, 5) is 3.71. The van der Waals surface area contributed by atoms with Gasteiger partial charge in [0.25, 0.3) is 0 Å². The summed E-state index contributed by atoms with van der Waals surface area (Å²) in [6, 6.07) is 8.72. The predicted octanol–water partition coefficient (Wildman–Crippen LogP) is 2.36. The van der Waals surface area contributed by atoms with Crippen molar-refractivity contribution in [3.05, 3.63) is 42.1 Å². The Balaban J connectivity index is 2.07. The van der Waals surface area contributed by atoms with Crippen molar-refractivity contribution >= 4 is 22.7 Å². The summed E-state index contributed by atoms with van der Waals surface area (Å²) in [5.74, 6) is 0. The molecule has 0 fully saturated rings. The molecule has 0 aliphatic carbocycles. The third kappa shape index (κ3) is 1.32. The molecule has 2 heteroatoms. The minimum absolute atomic E-state index is 0.329. The minimum Gasteiger partial charge on any atom is -0.334 e. The van der Waals surface area contributed by atoms with E-state index in [-0.39, 0.29) is 0 Å². The zero-order chi connectivity index (χ0) is 13.7. The van der Waals surface area contributed by atoms with Crippen molar-refractivity contribution in [3.8, 4) is 0 Å². The van der Waals surface area contributed by atoms with Gasteiger partial charge in [-0.15, -0.1) is 0 Å². The normalized spacial score (nSPS) is 24.4. The van der Waals surface area contributed by atoms with Gasteiger partial charge >= 0.3 is 0 Å². The van der Waals surface area contributed by atoms with Gasteiger partial charge in [-0.3, -0.25) is 0 Å². The maximum atomic E-state index is 4.06. The first-order valence-corrected chi connectivity index (χ1v) is 7.66. The first kappa shape index (κ1) is 12.0. The molecule has 1 unspecified atom stereocenters. The monoisotopic (exact) mass is 265 g/mol. The van der Waals surface area contributed by atoms with Crippen LogP contribution in [-0.4, -0.2) is 16.8 Å². The molecule has 4 rings (SSSR count). The van der Waals surface area contributed by atoms with Crippen LogP contribution in [0.15, 0.2) is 30.8 Å². The molecule has 2 nitrogen and oxygen atoms in total. The second-order valence-electron chi connectivity index (χ2n) is 6.11. The van der Waals surface area contributed by atoms with Crippen LogP contribution in [0.1, 0.15) is 37.4 Å². The second kappa shape index (κ2) is 4.08. The topological polar surface area (TPSA) is 18.9 Å². The summed E-state index contributed by atoms with van der Waals surface area (Å²) < 4.78 is 2.52. The number of benzene rings is 1. The van der Waals surface area contributed by atoms with Crippen LogP contribution in [0.4, 0.5) is 0 Å². The van der Waals surface area contributed by atoms with Gasteiger partial charge in [0.15, 0.2) is 0 Å². The van der Waals surface area contributed by atoms with Gasteiger partial charge in [0.1, 0.15) is 12.2 Å². The molecule has 1 atom stereocenters. The number of hydrogen-bond donors (Lipinski definition) is 1. The predicted molar refractivity (Wildman–Crippen MR) is 83.9 cm³/mol. The molecule has 2 aliphatic heterocycles. The largest absolute Gasteiger partial charge is 0.334 e. The Bertz CT molecular complexity index is 735. The summed E-state index contributed by atoms with van der Waals surface area (Å²) in [5.41, 5.74) is 5.85. The Kier molecular flexibility index (Phi) is 2.44. The highest BCUT2D eigenvalue weighted by molar-refractivity contribution is 6.10. The Labute approximate surface area is 119 Å². The van der Waals surface area contributed by atoms with Crippen molar-refractivity contribution in [2.24, 2.45) is 5.41 Å². The molecule has 2 aromatic rings. The van der Waals surface area contributed by atoms with Crippen molar-refractivity contribution in [2.75, 3.05) is 6.54 Å². The molecule has 3 heterocycles. The molecule has 0 spiro atoms. The molecule has 1 N–H and O–H groups in total. The van der Waals surface area contributed by atoms with E-state index in [2.05, 4.69) is 47.3 Å². The average molecular weight is 265 g/mol. The maximum absolute atomic E-state index is 4.06. The van der Waals surface area contributed by atoms with Crippen molar-refractivity contribution in [1.29, 1.82) is 0 Å². The Morgan fingerprint density at radius 2 is 2.25 bits per heavy atom. The fourth-order valence-corrected chi connectivity index (χ4v) is 4.18. The first-order valence-electron chi connectivity index (χ1n) is 7.66. The Hall–Kier alpha value is -1.83. The highest BCUT2D eigenvalue weighted by Gasteiger charge is 2.49. The van der Waals surface area contributed by atoms with Crippen molar-refractivity contribution < 1.29 is 4.99 Å². The third-order valence-corrected chi connectivity index (χ3v) is 5.25. The van der Waals surface area contributed by atoms with Crippen molar-refractivity contribution in [3.63, 3.8) is 0 Å². The molecular weight excluding hydrogens is 244 g/mol. The highest BCUT2D eigenvalue weighted by atomic mass is 15.1. The van der Waals surface area contributed by atoms with Crippen LogP contribution in [0, 0.1) is 5.41 Å². The van der Waals surface area contributed by atoms with Gasteiger partial charge in [0.05, 0.1) is 5.41 Å². The molecule has 0 radical (unpaired) electrons. The van der Waals surface area contributed by atoms with E-state index in [4.69, 9.17) is 0 Å². The average Bonchev–Trinajstić information content (AvgIpc) is 2.99. The van der Waals surface area contributed by atoms with E-state index in [0.717, 1.165) is 13.1 Å². The van der Waals surface area contributed by atoms with Crippen LogP contribution in [0.3, 0.4) is 0 Å². The number of hydrogen-bond acceptors (Lipinski definition) is 0. The maximum Gasteiger partial charge on any atom is 0.206 e. The third-order valence-electron chi connectivity index (χ3n) is 5.25. The lowest BCUT2D eigenvalue weighted by atomic mass is 9.75. The quantitative estimate of drug-likeness (QED) is 0.859. The summed E-state index contributed by atoms with van der Waals surface area (Å²) >= 11 is 0. The van der Waals surface area contributed by atoms with E-state index in [9.17, 15) is 0 Å². The molecule has 0 bridgehead atoms. The second-order valence-corrected chi connectivity index (χ2v) is 6.11. The van der Waals surface area contributed by atoms with E-state index < -0.39 is 0 Å². The van der Waals surface area contributed by atoms with Gasteiger partial charge in [-0.05, 0) is 18.9 Å². The zero-order valence-corrected chi connectivity index (χ0v) is 12.1. The molecule has 0 saturated carbocycles. The molecule has 1 aromatic heterocycles. The molecule has 20 heavy (non-hydrogen) atoms. The Morgan fingerprint density at radius 1 is 1.40 bits per heavy atom. The fraction of sp³-hybridized carbons (Fsp3) is 0.389. The summed E-state index contributed by atoms with van der Waals surface area (Å²) in [5, 5.41) is 1.34. The van der Waals surface area contributed by atoms with Crippen LogP contribution < -0.4 is 4.99 Å². The van der Waals surface area contributed by atoms with Crippen LogP contribution >= 0.6 is 0 Å². The van der Waals surface area contributed by atoms with Gasteiger partial charge in [-0.25, -0.2) is 4.99 Å². The molecule has 102 valence electrons. The van der Waals surface area contributed by atoms with Gasteiger partial charge in [-0.2, -0.15) is 0 Å². The van der Waals surface area contributed by atoms with E-state index >= 15 is 0 Å². The van der Waals surface area contributed by atoms with E-state index in [1.165, 1.54) is 47.1 Å². The van der Waals surface area contributed by atoms with Crippen LogP contribution in [-0.2, 0) is 6.54 Å². The van der Waals surface area contributed by atoms with Crippen LogP contribution in [0.2, 0.25) is 0 Å². The number of nitrogens with zero attached hydrogens (tertiary/aromatic N) is 1. The molecular formula is C18H21N2+. The van der Waals surface area contributed by atoms with Gasteiger partial charge in [-0.1, -0.05) is 37.8 Å². The zero-order valence-electron chi connectivity index (χ0n) is 12.1. The van der Waals surface area contributed by atoms with Gasteiger partial charge in [0, 0.05) is 29.4 Å². The summed E-state index contributed by atoms with van der Waals surface area (Å²) in [6.07, 6.45) is 5.83. The SMILES string of the molecule is C=Cc1c2n(c3ccccc13)CC1(CC)CCC[NH+]=C21. The number of fused-ring (bicyclic) bond motifs is 5. The van der Waals surface area contributed by atoms with E-state index in [1.54, 1.807) is 0 Å². The lowest BCUT2D eigenvalue weighted by Crippen LogP contribution is -2.78. The van der Waals surface area contributed by atoms with Gasteiger partial charge < -0.3 is 4.57 Å². The number of para-hydroxylation sites is 1. The van der Waals surface area contributed by atoms with Crippen molar-refractivity contribution in [1.82, 2.24) is 4.57 Å². The smallest absolute Gasteiger partial charge is 0.206 e. The fourth-order valence-electron chi connectivity index (χ4n) is 4.18. The number of aromatic nitrogens is 1. The highest BCUT2D eigenvalue weighted by Crippen LogP contribution is 2.44. The van der Waals surface area contributed by atoms with Gasteiger partial charge in [0.2, 0.25) is 5.71 Å². The molecule has 2 aliphatic rings. The summed E-state index contributed by atoms with van der Waals surface area (Å²) in [7, 11) is 0. The Morgan fingerprint density at radius 3 is 3.05 bits per heavy atom. The summed E-state index contributed by atoms with van der Waals surface area (Å²) in [6.45, 7) is 8.62. The lowest BCUT2D eigenvalue weighted by Gasteiger charge is -2.27. The number of rotatable bonds is 2. The van der Waals surface area contributed by atoms with Crippen LogP contribution in [0.5, 0.6) is 0 Å². The van der Waals surface area contributed by atoms with E-state index in [0.29, 0.717) is 5.41 Å². The lowest BCUT2D eigenvalue weighted by molar-refractivity contribution is -0.468. The standard InChI is InChI=1S/C18H20N2/c1-3-13-14-8-5-6-9-15(14)20-12-18(4-2)10-7-11-19-17(18)16(13)20/h3,5-6,8-9H,1,4,7,10-12H2,2H3/p+1. The number of nitrogens with one attached hydrogen (secondary N) is 1. The van der Waals surface area contributed by atoms with Crippen molar-refractivity contribution in [2.45, 2.75) is 32.7 Å². The molecule has 1 aromatic carbocycles. The minimum atomic E-state index is 0.329. The molecule has 0 amide bonds. The first-order chi connectivity index (χ1) is 9.80. The molecule has 0 saturated heterocycles.